The number of fused-ring (bicyclic) bond motifs is 1. The second-order valence-corrected chi connectivity index (χ2v) is 6.65. The van der Waals surface area contributed by atoms with E-state index in [2.05, 4.69) is 15.5 Å². The molecule has 2 atom stereocenters. The van der Waals surface area contributed by atoms with Crippen LogP contribution in [0.5, 0.6) is 0 Å². The molecular weight excluding hydrogens is 329 g/mol. The number of hydrazone groups is 1. The van der Waals surface area contributed by atoms with Crippen LogP contribution in [-0.2, 0) is 4.79 Å². The number of aromatic nitrogens is 1. The molecule has 4 nitrogen and oxygen atoms in total. The van der Waals surface area contributed by atoms with Crippen LogP contribution in [0.3, 0.4) is 0 Å². The maximum absolute atomic E-state index is 13.0. The number of hydrogen-bond acceptors (Lipinski definition) is 3. The van der Waals surface area contributed by atoms with E-state index in [1.165, 1.54) is 12.1 Å². The van der Waals surface area contributed by atoms with E-state index in [-0.39, 0.29) is 23.6 Å². The second-order valence-electron chi connectivity index (χ2n) is 6.65. The number of halogens is 1. The Hall–Kier alpha value is -3.08. The molecule has 0 radical (unpaired) electrons. The van der Waals surface area contributed by atoms with Gasteiger partial charge < -0.3 is 0 Å². The van der Waals surface area contributed by atoms with Crippen molar-refractivity contribution in [3.8, 4) is 0 Å². The first-order valence-corrected chi connectivity index (χ1v) is 8.55. The van der Waals surface area contributed by atoms with Crippen LogP contribution in [0.1, 0.15) is 29.0 Å². The molecule has 1 aromatic heterocycles. The van der Waals surface area contributed by atoms with Gasteiger partial charge in [-0.15, -0.1) is 0 Å². The Bertz CT molecular complexity index is 998. The number of hydrogen-bond donors (Lipinski definition) is 1. The summed E-state index contributed by atoms with van der Waals surface area (Å²) in [5.41, 5.74) is 6.55. The lowest BCUT2D eigenvalue weighted by molar-refractivity contribution is -0.122. The van der Waals surface area contributed by atoms with Crippen molar-refractivity contribution in [1.82, 2.24) is 10.4 Å². The van der Waals surface area contributed by atoms with E-state index in [1.54, 1.807) is 24.5 Å². The fraction of sp³-hybridized carbons (Fsp3) is 0.190. The summed E-state index contributed by atoms with van der Waals surface area (Å²) in [4.78, 5) is 16.6. The van der Waals surface area contributed by atoms with Crippen LogP contribution in [0.25, 0.3) is 10.9 Å². The molecule has 2 unspecified atom stereocenters. The van der Waals surface area contributed by atoms with Crippen LogP contribution in [0, 0.1) is 18.7 Å². The van der Waals surface area contributed by atoms with E-state index < -0.39 is 0 Å². The van der Waals surface area contributed by atoms with Crippen LogP contribution >= 0.6 is 0 Å². The van der Waals surface area contributed by atoms with E-state index in [0.29, 0.717) is 0 Å². The molecule has 1 heterocycles. The molecular formula is C21H18FN3O. The molecule has 1 amide bonds. The van der Waals surface area contributed by atoms with Crippen molar-refractivity contribution in [2.24, 2.45) is 11.0 Å². The predicted octanol–water partition coefficient (Wildman–Crippen LogP) is 3.94. The molecule has 1 saturated carbocycles. The molecule has 130 valence electrons. The fourth-order valence-corrected chi connectivity index (χ4v) is 3.29. The highest BCUT2D eigenvalue weighted by molar-refractivity contribution is 5.91. The summed E-state index contributed by atoms with van der Waals surface area (Å²) in [6.07, 6.45) is 4.19. The van der Waals surface area contributed by atoms with Crippen LogP contribution in [-0.4, -0.2) is 17.1 Å². The van der Waals surface area contributed by atoms with E-state index in [4.69, 9.17) is 0 Å². The van der Waals surface area contributed by atoms with Crippen molar-refractivity contribution in [2.45, 2.75) is 19.3 Å². The highest BCUT2D eigenvalue weighted by Gasteiger charge is 2.43. The highest BCUT2D eigenvalue weighted by atomic mass is 19.1. The Kier molecular flexibility index (Phi) is 4.21. The van der Waals surface area contributed by atoms with Gasteiger partial charge in [0.25, 0.3) is 0 Å². The average molecular weight is 347 g/mol. The van der Waals surface area contributed by atoms with Crippen molar-refractivity contribution in [2.75, 3.05) is 0 Å². The van der Waals surface area contributed by atoms with Crippen molar-refractivity contribution in [3.63, 3.8) is 0 Å². The zero-order valence-corrected chi connectivity index (χ0v) is 14.3. The van der Waals surface area contributed by atoms with E-state index in [9.17, 15) is 9.18 Å². The second kappa shape index (κ2) is 6.67. The van der Waals surface area contributed by atoms with Gasteiger partial charge in [-0.05, 0) is 66.3 Å². The lowest BCUT2D eigenvalue weighted by atomic mass is 10.1. The number of pyridine rings is 1. The largest absolute Gasteiger partial charge is 0.273 e. The Balaban J connectivity index is 1.40. The molecule has 1 N–H and O–H groups in total. The molecule has 5 heteroatoms. The summed E-state index contributed by atoms with van der Waals surface area (Å²) >= 11 is 0. The van der Waals surface area contributed by atoms with Crippen LogP contribution in [0.2, 0.25) is 0 Å². The van der Waals surface area contributed by atoms with Gasteiger partial charge in [-0.1, -0.05) is 18.2 Å². The zero-order chi connectivity index (χ0) is 18.1. The van der Waals surface area contributed by atoms with Crippen molar-refractivity contribution in [3.05, 3.63) is 77.2 Å². The third-order valence-corrected chi connectivity index (χ3v) is 4.73. The van der Waals surface area contributed by atoms with Crippen molar-refractivity contribution in [1.29, 1.82) is 0 Å². The Morgan fingerprint density at radius 1 is 1.27 bits per heavy atom. The Morgan fingerprint density at radius 3 is 2.88 bits per heavy atom. The molecule has 26 heavy (non-hydrogen) atoms. The minimum Gasteiger partial charge on any atom is -0.273 e. The van der Waals surface area contributed by atoms with E-state index in [0.717, 1.165) is 34.0 Å². The van der Waals surface area contributed by atoms with E-state index in [1.807, 2.05) is 31.2 Å². The van der Waals surface area contributed by atoms with Gasteiger partial charge in [-0.2, -0.15) is 5.10 Å². The average Bonchev–Trinajstić information content (AvgIpc) is 3.43. The first kappa shape index (κ1) is 16.4. The molecule has 3 aromatic rings. The van der Waals surface area contributed by atoms with Gasteiger partial charge in [-0.25, -0.2) is 9.82 Å². The lowest BCUT2D eigenvalue weighted by Gasteiger charge is -2.03. The quantitative estimate of drug-likeness (QED) is 0.574. The van der Waals surface area contributed by atoms with Gasteiger partial charge in [0.05, 0.1) is 11.7 Å². The molecule has 0 saturated heterocycles. The molecule has 0 aliphatic heterocycles. The third-order valence-electron chi connectivity index (χ3n) is 4.73. The first-order chi connectivity index (χ1) is 12.6. The maximum Gasteiger partial charge on any atom is 0.243 e. The van der Waals surface area contributed by atoms with Crippen LogP contribution < -0.4 is 5.43 Å². The summed E-state index contributed by atoms with van der Waals surface area (Å²) < 4.78 is 13.0. The predicted molar refractivity (Wildman–Crippen MR) is 99.5 cm³/mol. The fourth-order valence-electron chi connectivity index (χ4n) is 3.29. The van der Waals surface area contributed by atoms with Gasteiger partial charge in [0.2, 0.25) is 5.91 Å². The number of carbonyl (C=O) groups excluding carboxylic acids is 1. The Morgan fingerprint density at radius 2 is 2.08 bits per heavy atom. The normalized spacial score (nSPS) is 19.0. The molecule has 4 rings (SSSR count). The number of rotatable bonds is 4. The number of aryl methyl sites for hydroxylation is 1. The zero-order valence-electron chi connectivity index (χ0n) is 14.3. The third kappa shape index (κ3) is 3.33. The lowest BCUT2D eigenvalue weighted by Crippen LogP contribution is -2.20. The summed E-state index contributed by atoms with van der Waals surface area (Å²) in [7, 11) is 0. The molecule has 1 aliphatic rings. The van der Waals surface area contributed by atoms with Crippen LogP contribution in [0.4, 0.5) is 4.39 Å². The molecule has 2 aromatic carbocycles. The van der Waals surface area contributed by atoms with Gasteiger partial charge in [-0.3, -0.25) is 9.78 Å². The van der Waals surface area contributed by atoms with Crippen molar-refractivity contribution >= 4 is 23.0 Å². The summed E-state index contributed by atoms with van der Waals surface area (Å²) in [6, 6.07) is 14.2. The minimum atomic E-state index is -0.263. The molecule has 0 spiro atoms. The molecule has 1 aliphatic carbocycles. The maximum atomic E-state index is 13.0. The van der Waals surface area contributed by atoms with Gasteiger partial charge >= 0.3 is 0 Å². The molecule has 1 fully saturated rings. The highest BCUT2D eigenvalue weighted by Crippen LogP contribution is 2.47. The molecule has 0 bridgehead atoms. The first-order valence-electron chi connectivity index (χ1n) is 8.55. The monoisotopic (exact) mass is 347 g/mol. The standard InChI is InChI=1S/C21H18FN3O/c1-13-9-14(10-16-3-2-8-23-20(13)16)12-24-25-21(26)19-11-18(19)15-4-6-17(22)7-5-15/h2-10,12,18-19H,11H2,1H3,(H,25,26)/b24-12-. The number of nitrogens with one attached hydrogen (secondary N) is 1. The summed E-state index contributed by atoms with van der Waals surface area (Å²) in [5.74, 6) is -0.310. The van der Waals surface area contributed by atoms with Crippen LogP contribution in [0.15, 0.2) is 59.8 Å². The van der Waals surface area contributed by atoms with E-state index >= 15 is 0 Å². The minimum absolute atomic E-state index is 0.0971. The summed E-state index contributed by atoms with van der Waals surface area (Å²) in [5, 5.41) is 5.13. The smallest absolute Gasteiger partial charge is 0.243 e. The topological polar surface area (TPSA) is 54.4 Å². The number of amides is 1. The van der Waals surface area contributed by atoms with Gasteiger partial charge in [0, 0.05) is 17.5 Å². The van der Waals surface area contributed by atoms with Gasteiger partial charge in [0.15, 0.2) is 0 Å². The number of nitrogens with zero attached hydrogens (tertiary/aromatic N) is 2. The number of carbonyl (C=O) groups is 1. The van der Waals surface area contributed by atoms with Crippen molar-refractivity contribution < 1.29 is 9.18 Å². The number of benzene rings is 2. The summed E-state index contributed by atoms with van der Waals surface area (Å²) in [6.45, 7) is 2.00. The SMILES string of the molecule is Cc1cc(/C=N\NC(=O)C2CC2c2ccc(F)cc2)cc2cccnc12. The van der Waals surface area contributed by atoms with Gasteiger partial charge in [0.1, 0.15) is 5.82 Å². The Labute approximate surface area is 150 Å².